The van der Waals surface area contributed by atoms with Gasteiger partial charge in [0.05, 0.1) is 7.11 Å². The zero-order chi connectivity index (χ0) is 21.7. The number of nitrogen functional groups attached to an aromatic ring is 1. The number of nitrogens with two attached hydrogens (primary N) is 1. The highest BCUT2D eigenvalue weighted by molar-refractivity contribution is 6.31. The second-order valence-corrected chi connectivity index (χ2v) is 6.96. The maximum Gasteiger partial charge on any atom is 0.275 e. The van der Waals surface area contributed by atoms with Crippen molar-refractivity contribution in [2.75, 3.05) is 18.2 Å². The molecule has 30 heavy (non-hydrogen) atoms. The Morgan fingerprint density at radius 2 is 1.93 bits per heavy atom. The van der Waals surface area contributed by atoms with Crippen molar-refractivity contribution in [2.24, 2.45) is 0 Å². The standard InChI is InChI=1S/C20H21ClN6O3/c1-12-3-6-14(21)9-16(12)24-17(28)11-27-19(22)18(25-26-27)20(29)23-10-13-4-7-15(30-2)8-5-13/h3-9H,10-11,22H2,1-2H3,(H,23,29)(H,24,28). The van der Waals surface area contributed by atoms with Crippen molar-refractivity contribution in [1.29, 1.82) is 0 Å². The molecule has 0 bridgehead atoms. The van der Waals surface area contributed by atoms with E-state index in [1.807, 2.05) is 19.1 Å². The molecule has 9 nitrogen and oxygen atoms in total. The first-order chi connectivity index (χ1) is 14.4. The van der Waals surface area contributed by atoms with Crippen molar-refractivity contribution >= 4 is 34.9 Å². The van der Waals surface area contributed by atoms with Gasteiger partial charge in [0.25, 0.3) is 5.91 Å². The van der Waals surface area contributed by atoms with Gasteiger partial charge in [-0.25, -0.2) is 4.68 Å². The molecule has 1 heterocycles. The molecule has 0 aliphatic heterocycles. The highest BCUT2D eigenvalue weighted by Gasteiger charge is 2.19. The monoisotopic (exact) mass is 428 g/mol. The first-order valence-electron chi connectivity index (χ1n) is 9.03. The molecule has 1 aromatic heterocycles. The van der Waals surface area contributed by atoms with Crippen LogP contribution in [0, 0.1) is 6.92 Å². The molecule has 4 N–H and O–H groups in total. The maximum absolute atomic E-state index is 12.4. The number of carbonyl (C=O) groups excluding carboxylic acids is 2. The largest absolute Gasteiger partial charge is 0.497 e. The third kappa shape index (κ3) is 5.06. The quantitative estimate of drug-likeness (QED) is 0.530. The highest BCUT2D eigenvalue weighted by Crippen LogP contribution is 2.20. The summed E-state index contributed by atoms with van der Waals surface area (Å²) in [6.07, 6.45) is 0. The number of anilines is 2. The van der Waals surface area contributed by atoms with Crippen LogP contribution in [0.1, 0.15) is 21.6 Å². The van der Waals surface area contributed by atoms with E-state index in [2.05, 4.69) is 20.9 Å². The predicted molar refractivity (Wildman–Crippen MR) is 113 cm³/mol. The summed E-state index contributed by atoms with van der Waals surface area (Å²) in [6.45, 7) is 1.93. The van der Waals surface area contributed by atoms with Gasteiger partial charge in [0.1, 0.15) is 12.3 Å². The number of methoxy groups -OCH3 is 1. The summed E-state index contributed by atoms with van der Waals surface area (Å²) in [5, 5.41) is 13.6. The Hall–Kier alpha value is -3.59. The molecule has 10 heteroatoms. The number of rotatable bonds is 7. The number of halogens is 1. The number of hydrogen-bond acceptors (Lipinski definition) is 6. The number of benzene rings is 2. The molecule has 0 saturated carbocycles. The summed E-state index contributed by atoms with van der Waals surface area (Å²) in [6, 6.07) is 12.4. The van der Waals surface area contributed by atoms with Crippen LogP contribution >= 0.6 is 11.6 Å². The van der Waals surface area contributed by atoms with Gasteiger partial charge in [-0.3, -0.25) is 9.59 Å². The first kappa shape index (κ1) is 21.1. The molecule has 3 rings (SSSR count). The fourth-order valence-corrected chi connectivity index (χ4v) is 2.84. The number of aromatic nitrogens is 3. The molecular formula is C20H21ClN6O3. The Morgan fingerprint density at radius 1 is 1.20 bits per heavy atom. The Bertz CT molecular complexity index is 1060. The maximum atomic E-state index is 12.4. The van der Waals surface area contributed by atoms with Crippen LogP contribution in [-0.4, -0.2) is 33.9 Å². The predicted octanol–water partition coefficient (Wildman–Crippen LogP) is 2.40. The molecule has 0 atom stereocenters. The van der Waals surface area contributed by atoms with Gasteiger partial charge in [-0.15, -0.1) is 5.10 Å². The van der Waals surface area contributed by atoms with Crippen molar-refractivity contribution in [2.45, 2.75) is 20.0 Å². The van der Waals surface area contributed by atoms with E-state index in [-0.39, 0.29) is 30.5 Å². The molecule has 3 aromatic rings. The van der Waals surface area contributed by atoms with E-state index in [0.717, 1.165) is 21.6 Å². The van der Waals surface area contributed by atoms with Crippen molar-refractivity contribution < 1.29 is 14.3 Å². The van der Waals surface area contributed by atoms with Gasteiger partial charge in [0, 0.05) is 17.3 Å². The summed E-state index contributed by atoms with van der Waals surface area (Å²) in [5.41, 5.74) is 8.25. The average Bonchev–Trinajstić information content (AvgIpc) is 3.09. The minimum absolute atomic E-state index is 0.000182. The van der Waals surface area contributed by atoms with E-state index < -0.39 is 5.91 Å². The van der Waals surface area contributed by atoms with E-state index in [1.54, 1.807) is 37.4 Å². The fourth-order valence-electron chi connectivity index (χ4n) is 2.66. The molecule has 0 fully saturated rings. The minimum Gasteiger partial charge on any atom is -0.497 e. The zero-order valence-electron chi connectivity index (χ0n) is 16.5. The molecule has 2 amide bonds. The third-order valence-electron chi connectivity index (χ3n) is 4.37. The van der Waals surface area contributed by atoms with Crippen LogP contribution in [0.25, 0.3) is 0 Å². The lowest BCUT2D eigenvalue weighted by Crippen LogP contribution is -2.25. The lowest BCUT2D eigenvalue weighted by atomic mass is 10.2. The normalized spacial score (nSPS) is 10.5. The van der Waals surface area contributed by atoms with Crippen LogP contribution in [0.3, 0.4) is 0 Å². The van der Waals surface area contributed by atoms with Crippen LogP contribution in [0.5, 0.6) is 5.75 Å². The Balaban J connectivity index is 1.60. The van der Waals surface area contributed by atoms with Crippen LogP contribution in [0.2, 0.25) is 5.02 Å². The smallest absolute Gasteiger partial charge is 0.275 e. The van der Waals surface area contributed by atoms with Gasteiger partial charge >= 0.3 is 0 Å². The summed E-state index contributed by atoms with van der Waals surface area (Å²) in [7, 11) is 1.58. The molecule has 2 aromatic carbocycles. The second kappa shape index (κ2) is 9.27. The van der Waals surface area contributed by atoms with Crippen molar-refractivity contribution in [3.63, 3.8) is 0 Å². The van der Waals surface area contributed by atoms with Crippen molar-refractivity contribution in [3.8, 4) is 5.75 Å². The molecule has 0 spiro atoms. The molecule has 0 aliphatic rings. The number of hydrogen-bond donors (Lipinski definition) is 3. The average molecular weight is 429 g/mol. The number of ether oxygens (including phenoxy) is 1. The van der Waals surface area contributed by atoms with E-state index in [1.165, 1.54) is 0 Å². The van der Waals surface area contributed by atoms with Crippen LogP contribution in [-0.2, 0) is 17.9 Å². The SMILES string of the molecule is COc1ccc(CNC(=O)c2nnn(CC(=O)Nc3cc(Cl)ccc3C)c2N)cc1. The van der Waals surface area contributed by atoms with Gasteiger partial charge in [0.2, 0.25) is 5.91 Å². The molecule has 0 saturated heterocycles. The van der Waals surface area contributed by atoms with Gasteiger partial charge in [-0.1, -0.05) is 35.0 Å². The molecule has 0 aliphatic carbocycles. The topological polar surface area (TPSA) is 124 Å². The molecule has 0 radical (unpaired) electrons. The van der Waals surface area contributed by atoms with Crippen LogP contribution in [0.4, 0.5) is 11.5 Å². The minimum atomic E-state index is -0.485. The van der Waals surface area contributed by atoms with E-state index in [0.29, 0.717) is 10.7 Å². The number of nitrogens with zero attached hydrogens (tertiary/aromatic N) is 3. The lowest BCUT2D eigenvalue weighted by molar-refractivity contribution is -0.116. The second-order valence-electron chi connectivity index (χ2n) is 6.52. The highest BCUT2D eigenvalue weighted by atomic mass is 35.5. The first-order valence-corrected chi connectivity index (χ1v) is 9.41. The number of nitrogens with one attached hydrogen (secondary N) is 2. The van der Waals surface area contributed by atoms with E-state index in [4.69, 9.17) is 22.1 Å². The van der Waals surface area contributed by atoms with Crippen LogP contribution < -0.4 is 21.1 Å². The van der Waals surface area contributed by atoms with Gasteiger partial charge < -0.3 is 21.1 Å². The zero-order valence-corrected chi connectivity index (χ0v) is 17.2. The Morgan fingerprint density at radius 3 is 2.63 bits per heavy atom. The Kier molecular flexibility index (Phi) is 6.53. The summed E-state index contributed by atoms with van der Waals surface area (Å²) < 4.78 is 6.26. The summed E-state index contributed by atoms with van der Waals surface area (Å²) in [5.74, 6) is -0.133. The van der Waals surface area contributed by atoms with Crippen molar-refractivity contribution in [3.05, 3.63) is 64.3 Å². The van der Waals surface area contributed by atoms with E-state index >= 15 is 0 Å². The lowest BCUT2D eigenvalue weighted by Gasteiger charge is -2.09. The number of aryl methyl sites for hydroxylation is 1. The summed E-state index contributed by atoms with van der Waals surface area (Å²) >= 11 is 5.96. The van der Waals surface area contributed by atoms with Gasteiger partial charge in [0.15, 0.2) is 11.5 Å². The van der Waals surface area contributed by atoms with E-state index in [9.17, 15) is 9.59 Å². The molecule has 0 unspecified atom stereocenters. The number of amides is 2. The third-order valence-corrected chi connectivity index (χ3v) is 4.60. The van der Waals surface area contributed by atoms with Crippen molar-refractivity contribution in [1.82, 2.24) is 20.3 Å². The summed E-state index contributed by atoms with van der Waals surface area (Å²) in [4.78, 5) is 24.7. The van der Waals surface area contributed by atoms with Crippen LogP contribution in [0.15, 0.2) is 42.5 Å². The number of carbonyl (C=O) groups is 2. The molecule has 156 valence electrons. The Labute approximate surface area is 178 Å². The van der Waals surface area contributed by atoms with Gasteiger partial charge in [-0.05, 0) is 42.3 Å². The fraction of sp³-hybridized carbons (Fsp3) is 0.200. The molecular weight excluding hydrogens is 408 g/mol. The van der Waals surface area contributed by atoms with Gasteiger partial charge in [-0.2, -0.15) is 0 Å².